The summed E-state index contributed by atoms with van der Waals surface area (Å²) in [6, 6.07) is 21.3. The van der Waals surface area contributed by atoms with Gasteiger partial charge in [0.2, 0.25) is 0 Å². The van der Waals surface area contributed by atoms with Crippen molar-refractivity contribution in [2.24, 2.45) is 0 Å². The van der Waals surface area contributed by atoms with E-state index in [2.05, 4.69) is 10.6 Å². The predicted octanol–water partition coefficient (Wildman–Crippen LogP) is 7.31. The lowest BCUT2D eigenvalue weighted by molar-refractivity contribution is -0.151. The minimum atomic E-state index is -3.86. The Balaban J connectivity index is 1.05. The number of aliphatic hydroxyl groups is 1. The van der Waals surface area contributed by atoms with Crippen LogP contribution >= 0.6 is 0 Å². The largest absolute Gasteiger partial charge is 0.507 e. The number of rotatable bonds is 9. The van der Waals surface area contributed by atoms with Crippen molar-refractivity contribution in [3.8, 4) is 12.3 Å². The SMILES string of the molecule is C#CC1=C(/C=C\C)c2ccccc2C1COC(=O)N1CCC2(CC1)OC(=O)C(C(C1=CC1)c1cccc(NS(=O)(=O)c3ccc(C)cc3)c1)=C2O. The zero-order chi connectivity index (χ0) is 35.9. The lowest BCUT2D eigenvalue weighted by Crippen LogP contribution is -2.48. The van der Waals surface area contributed by atoms with Gasteiger partial charge in [-0.05, 0) is 66.8 Å². The second-order valence-corrected chi connectivity index (χ2v) is 15.0. The van der Waals surface area contributed by atoms with Crippen molar-refractivity contribution in [3.63, 3.8) is 0 Å². The number of anilines is 1. The number of fused-ring (bicyclic) bond motifs is 1. The quantitative estimate of drug-likeness (QED) is 0.136. The van der Waals surface area contributed by atoms with E-state index < -0.39 is 33.6 Å². The number of esters is 1. The third kappa shape index (κ3) is 6.34. The number of hydrogen-bond acceptors (Lipinski definition) is 7. The second kappa shape index (κ2) is 13.3. The summed E-state index contributed by atoms with van der Waals surface area (Å²) >= 11 is 0. The Labute approximate surface area is 298 Å². The van der Waals surface area contributed by atoms with Crippen molar-refractivity contribution in [1.29, 1.82) is 0 Å². The maximum atomic E-state index is 13.5. The molecule has 10 heteroatoms. The fourth-order valence-corrected chi connectivity index (χ4v) is 8.37. The topological polar surface area (TPSA) is 122 Å². The Kier molecular flexibility index (Phi) is 8.86. The number of amides is 1. The van der Waals surface area contributed by atoms with E-state index in [1.165, 1.54) is 0 Å². The number of allylic oxidation sites excluding steroid dienone is 5. The van der Waals surface area contributed by atoms with Gasteiger partial charge in [0, 0.05) is 43.1 Å². The number of ether oxygens (including phenoxy) is 2. The van der Waals surface area contributed by atoms with E-state index in [0.29, 0.717) is 17.7 Å². The highest BCUT2D eigenvalue weighted by Gasteiger charge is 2.53. The first-order valence-electron chi connectivity index (χ1n) is 16.9. The summed E-state index contributed by atoms with van der Waals surface area (Å²) in [4.78, 5) is 28.5. The van der Waals surface area contributed by atoms with Crippen molar-refractivity contribution in [2.45, 2.75) is 55.4 Å². The van der Waals surface area contributed by atoms with Crippen molar-refractivity contribution >= 4 is 33.3 Å². The van der Waals surface area contributed by atoms with E-state index in [1.807, 2.05) is 56.3 Å². The van der Waals surface area contributed by atoms with Crippen LogP contribution in [-0.4, -0.2) is 55.8 Å². The molecule has 2 atom stereocenters. The van der Waals surface area contributed by atoms with Gasteiger partial charge in [-0.1, -0.05) is 83.8 Å². The minimum Gasteiger partial charge on any atom is -0.507 e. The summed E-state index contributed by atoms with van der Waals surface area (Å²) in [6.45, 7) is 4.30. The molecule has 1 spiro atoms. The molecule has 1 amide bonds. The molecule has 2 N–H and O–H groups in total. The van der Waals surface area contributed by atoms with E-state index in [1.54, 1.807) is 53.4 Å². The average molecular weight is 703 g/mol. The van der Waals surface area contributed by atoms with Gasteiger partial charge in [-0.3, -0.25) is 4.72 Å². The highest BCUT2D eigenvalue weighted by molar-refractivity contribution is 7.92. The van der Waals surface area contributed by atoms with Crippen LogP contribution in [0.2, 0.25) is 0 Å². The minimum absolute atomic E-state index is 0.0827. The van der Waals surface area contributed by atoms with Crippen LogP contribution in [0.5, 0.6) is 0 Å². The number of hydrogen-bond donors (Lipinski definition) is 2. The molecule has 1 fully saturated rings. The molecule has 4 aliphatic rings. The van der Waals surface area contributed by atoms with Crippen LogP contribution in [0.25, 0.3) is 5.57 Å². The Hall–Kier alpha value is -5.53. The number of sulfonamides is 1. The lowest BCUT2D eigenvalue weighted by Gasteiger charge is -2.37. The molecule has 2 heterocycles. The number of benzene rings is 3. The maximum Gasteiger partial charge on any atom is 0.409 e. The van der Waals surface area contributed by atoms with E-state index >= 15 is 0 Å². The highest BCUT2D eigenvalue weighted by atomic mass is 32.2. The maximum absolute atomic E-state index is 13.5. The second-order valence-electron chi connectivity index (χ2n) is 13.3. The zero-order valence-electron chi connectivity index (χ0n) is 28.4. The van der Waals surface area contributed by atoms with Gasteiger partial charge in [0.1, 0.15) is 12.4 Å². The monoisotopic (exact) mass is 702 g/mol. The van der Waals surface area contributed by atoms with Crippen LogP contribution in [0, 0.1) is 19.3 Å². The van der Waals surface area contributed by atoms with Crippen LogP contribution in [0.4, 0.5) is 10.5 Å². The molecule has 3 aromatic rings. The van der Waals surface area contributed by atoms with Crippen molar-refractivity contribution in [3.05, 3.63) is 136 Å². The molecule has 0 aromatic heterocycles. The summed E-state index contributed by atoms with van der Waals surface area (Å²) < 4.78 is 40.6. The Morgan fingerprint density at radius 2 is 1.86 bits per heavy atom. The molecular weight excluding hydrogens is 665 g/mol. The van der Waals surface area contributed by atoms with Gasteiger partial charge >= 0.3 is 12.1 Å². The molecular formula is C41H38N2O7S. The van der Waals surface area contributed by atoms with Crippen molar-refractivity contribution in [1.82, 2.24) is 4.90 Å². The molecule has 9 nitrogen and oxygen atoms in total. The van der Waals surface area contributed by atoms with Gasteiger partial charge in [-0.15, -0.1) is 6.42 Å². The number of carbonyl (C=O) groups excluding carboxylic acids is 2. The Morgan fingerprint density at radius 3 is 2.55 bits per heavy atom. The van der Waals surface area contributed by atoms with Crippen molar-refractivity contribution < 1.29 is 32.6 Å². The van der Waals surface area contributed by atoms with Gasteiger partial charge in [0.15, 0.2) is 5.60 Å². The lowest BCUT2D eigenvalue weighted by atomic mass is 9.83. The molecule has 0 radical (unpaired) electrons. The van der Waals surface area contributed by atoms with E-state index in [-0.39, 0.29) is 54.7 Å². The number of terminal acetylenes is 1. The smallest absolute Gasteiger partial charge is 0.409 e. The predicted molar refractivity (Wildman–Crippen MR) is 194 cm³/mol. The molecule has 2 aliphatic carbocycles. The van der Waals surface area contributed by atoms with Gasteiger partial charge in [0.25, 0.3) is 10.0 Å². The third-order valence-corrected chi connectivity index (χ3v) is 11.5. The highest BCUT2D eigenvalue weighted by Crippen LogP contribution is 2.50. The molecule has 2 unspecified atom stereocenters. The molecule has 7 rings (SSSR count). The van der Waals surface area contributed by atoms with E-state index in [0.717, 1.165) is 33.4 Å². The summed E-state index contributed by atoms with van der Waals surface area (Å²) in [6.07, 6.45) is 12.3. The van der Waals surface area contributed by atoms with Gasteiger partial charge in [0.05, 0.1) is 16.4 Å². The van der Waals surface area contributed by atoms with E-state index in [4.69, 9.17) is 15.9 Å². The first-order valence-corrected chi connectivity index (χ1v) is 18.4. The molecule has 1 saturated heterocycles. The van der Waals surface area contributed by atoms with Gasteiger partial charge in [-0.25, -0.2) is 18.0 Å². The van der Waals surface area contributed by atoms with Gasteiger partial charge < -0.3 is 19.5 Å². The average Bonchev–Trinajstić information content (AvgIpc) is 3.88. The van der Waals surface area contributed by atoms with Crippen LogP contribution in [-0.2, 0) is 24.3 Å². The van der Waals surface area contributed by atoms with Crippen LogP contribution in [0.3, 0.4) is 0 Å². The summed E-state index contributed by atoms with van der Waals surface area (Å²) in [5, 5.41) is 11.7. The van der Waals surface area contributed by atoms with E-state index in [9.17, 15) is 23.1 Å². The number of nitrogens with one attached hydrogen (secondary N) is 1. The first kappa shape index (κ1) is 33.9. The number of aliphatic hydroxyl groups excluding tert-OH is 1. The molecule has 2 aliphatic heterocycles. The van der Waals surface area contributed by atoms with Crippen LogP contribution < -0.4 is 4.72 Å². The molecule has 51 heavy (non-hydrogen) atoms. The number of likely N-dealkylation sites (tertiary alicyclic amines) is 1. The van der Waals surface area contributed by atoms with Crippen LogP contribution in [0.15, 0.2) is 118 Å². The number of carbonyl (C=O) groups is 2. The normalized spacial score (nSPS) is 19.9. The molecule has 0 bridgehead atoms. The standard InChI is InChI=1S/C41H38N2O7S/c1-4-9-32-31(5-2)35(34-13-7-6-12-33(32)34)25-49-40(46)43-22-20-41(21-23-43)38(44)37(39(45)50-41)36(27-16-17-27)28-10-8-11-29(24-28)42-51(47,48)30-18-14-26(3)15-19-30/h2,4,6-16,18-19,24,35-36,42,44H,17,20-23,25H2,1,3H3/b9-4-. The Morgan fingerprint density at radius 1 is 1.14 bits per heavy atom. The Bertz CT molecular complexity index is 2200. The van der Waals surface area contributed by atoms with Crippen molar-refractivity contribution in [2.75, 3.05) is 24.4 Å². The fraction of sp³-hybridized carbons (Fsp3) is 0.268. The zero-order valence-corrected chi connectivity index (χ0v) is 29.2. The molecule has 260 valence electrons. The number of piperidine rings is 1. The van der Waals surface area contributed by atoms with Crippen LogP contribution in [0.1, 0.15) is 60.3 Å². The summed E-state index contributed by atoms with van der Waals surface area (Å²) in [5.74, 6) is 1.17. The third-order valence-electron chi connectivity index (χ3n) is 10.1. The first-order chi connectivity index (χ1) is 24.5. The summed E-state index contributed by atoms with van der Waals surface area (Å²) in [5.41, 5.74) is 5.48. The molecule has 0 saturated carbocycles. The number of nitrogens with zero attached hydrogens (tertiary/aromatic N) is 1. The summed E-state index contributed by atoms with van der Waals surface area (Å²) in [7, 11) is -3.86. The fourth-order valence-electron chi connectivity index (χ4n) is 7.32. The molecule has 3 aromatic carbocycles. The van der Waals surface area contributed by atoms with Gasteiger partial charge in [-0.2, -0.15) is 0 Å². The number of aryl methyl sites for hydroxylation is 1.